The van der Waals surface area contributed by atoms with Crippen molar-refractivity contribution in [1.82, 2.24) is 20.9 Å². The zero-order chi connectivity index (χ0) is 21.7. The normalized spacial score (nSPS) is 15.9. The van der Waals surface area contributed by atoms with Gasteiger partial charge in [0, 0.05) is 35.3 Å². The Morgan fingerprint density at radius 2 is 2.06 bits per heavy atom. The molecule has 0 aliphatic carbocycles. The maximum atomic E-state index is 13.6. The zero-order valence-electron chi connectivity index (χ0n) is 17.0. The van der Waals surface area contributed by atoms with Gasteiger partial charge in [0.25, 0.3) is 0 Å². The molecule has 1 aromatic carbocycles. The van der Waals surface area contributed by atoms with Gasteiger partial charge in [-0.2, -0.15) is 0 Å². The topological polar surface area (TPSA) is 99.2 Å². The number of piperidine rings is 1. The second kappa shape index (κ2) is 9.18. The molecular formula is C23H25FN4O3. The molecule has 3 aromatic rings. The third-order valence-electron chi connectivity index (χ3n) is 5.63. The molecule has 0 unspecified atom stereocenters. The summed E-state index contributed by atoms with van der Waals surface area (Å²) in [5, 5.41) is 9.90. The molecule has 162 valence electrons. The molecule has 0 saturated carbocycles. The Balaban J connectivity index is 1.39. The molecule has 8 heteroatoms. The number of hydrogen-bond donors (Lipinski definition) is 4. The van der Waals surface area contributed by atoms with Crippen LogP contribution in [-0.2, 0) is 16.0 Å². The first-order valence-corrected chi connectivity index (χ1v) is 10.3. The van der Waals surface area contributed by atoms with Gasteiger partial charge in [0.15, 0.2) is 0 Å². The van der Waals surface area contributed by atoms with E-state index in [4.69, 9.17) is 4.42 Å². The molecule has 1 aliphatic heterocycles. The molecule has 0 bridgehead atoms. The van der Waals surface area contributed by atoms with E-state index in [1.54, 1.807) is 18.2 Å². The fourth-order valence-corrected chi connectivity index (χ4v) is 3.92. The Morgan fingerprint density at radius 3 is 2.84 bits per heavy atom. The minimum atomic E-state index is -0.963. The third kappa shape index (κ3) is 4.86. The molecule has 0 radical (unpaired) electrons. The molecule has 1 saturated heterocycles. The summed E-state index contributed by atoms with van der Waals surface area (Å²) in [7, 11) is 0. The van der Waals surface area contributed by atoms with Gasteiger partial charge in [-0.3, -0.25) is 9.59 Å². The minimum absolute atomic E-state index is 0.204. The van der Waals surface area contributed by atoms with Crippen molar-refractivity contribution in [3.05, 3.63) is 66.0 Å². The fraction of sp³-hybridized carbons (Fsp3) is 0.304. The summed E-state index contributed by atoms with van der Waals surface area (Å²) in [5.74, 6) is -0.826. The van der Waals surface area contributed by atoms with Crippen molar-refractivity contribution in [1.29, 1.82) is 0 Å². The van der Waals surface area contributed by atoms with Crippen molar-refractivity contribution in [3.8, 4) is 0 Å². The summed E-state index contributed by atoms with van der Waals surface area (Å²) in [4.78, 5) is 28.7. The molecule has 0 spiro atoms. The number of halogens is 1. The van der Waals surface area contributed by atoms with E-state index in [1.807, 2.05) is 6.20 Å². The van der Waals surface area contributed by atoms with Gasteiger partial charge in [-0.1, -0.05) is 0 Å². The number of aromatic amines is 1. The van der Waals surface area contributed by atoms with E-state index in [1.165, 1.54) is 30.7 Å². The highest BCUT2D eigenvalue weighted by Crippen LogP contribution is 2.21. The van der Waals surface area contributed by atoms with Crippen LogP contribution in [0.1, 0.15) is 24.0 Å². The number of furan rings is 1. The van der Waals surface area contributed by atoms with Crippen LogP contribution in [0.2, 0.25) is 0 Å². The first kappa shape index (κ1) is 20.9. The van der Waals surface area contributed by atoms with Crippen LogP contribution >= 0.6 is 0 Å². The van der Waals surface area contributed by atoms with E-state index in [2.05, 4.69) is 20.9 Å². The Labute approximate surface area is 179 Å². The van der Waals surface area contributed by atoms with Crippen molar-refractivity contribution in [2.24, 2.45) is 0 Å². The van der Waals surface area contributed by atoms with Gasteiger partial charge in [-0.25, -0.2) is 4.39 Å². The van der Waals surface area contributed by atoms with Crippen LogP contribution in [0.5, 0.6) is 0 Å². The predicted octanol–water partition coefficient (Wildman–Crippen LogP) is 2.51. The minimum Gasteiger partial charge on any atom is -0.472 e. The standard InChI is InChI=1S/C23H25FN4O3/c24-18-2-3-20-19(13-18)17(14-27-20)5-9-26-22(30)23(7-10-25-11-8-23)28-21(29)4-1-16-6-12-31-15-16/h1-4,6,12-15,25,27H,5,7-11H2,(H,26,30)(H,28,29). The summed E-state index contributed by atoms with van der Waals surface area (Å²) < 4.78 is 18.6. The molecule has 1 aliphatic rings. The van der Waals surface area contributed by atoms with Crippen molar-refractivity contribution in [2.75, 3.05) is 19.6 Å². The number of benzene rings is 1. The van der Waals surface area contributed by atoms with Gasteiger partial charge < -0.3 is 25.4 Å². The second-order valence-corrected chi connectivity index (χ2v) is 7.72. The quantitative estimate of drug-likeness (QED) is 0.438. The number of nitrogens with one attached hydrogen (secondary N) is 4. The van der Waals surface area contributed by atoms with E-state index < -0.39 is 5.54 Å². The van der Waals surface area contributed by atoms with E-state index in [9.17, 15) is 14.0 Å². The van der Waals surface area contributed by atoms with E-state index in [0.29, 0.717) is 38.9 Å². The molecule has 1 fully saturated rings. The van der Waals surface area contributed by atoms with Crippen LogP contribution < -0.4 is 16.0 Å². The largest absolute Gasteiger partial charge is 0.472 e. The van der Waals surface area contributed by atoms with Crippen LogP contribution in [0.15, 0.2) is 53.5 Å². The highest BCUT2D eigenvalue weighted by atomic mass is 19.1. The molecule has 2 aromatic heterocycles. The number of carbonyl (C=O) groups is 2. The molecule has 7 nitrogen and oxygen atoms in total. The Bertz CT molecular complexity index is 1080. The van der Waals surface area contributed by atoms with Gasteiger partial charge in [0.2, 0.25) is 11.8 Å². The average Bonchev–Trinajstić information content (AvgIpc) is 3.43. The van der Waals surface area contributed by atoms with Gasteiger partial charge in [0.05, 0.1) is 12.5 Å². The highest BCUT2D eigenvalue weighted by molar-refractivity contribution is 5.97. The predicted molar refractivity (Wildman–Crippen MR) is 116 cm³/mol. The smallest absolute Gasteiger partial charge is 0.245 e. The van der Waals surface area contributed by atoms with Crippen LogP contribution in [-0.4, -0.2) is 42.0 Å². The molecule has 2 amide bonds. The highest BCUT2D eigenvalue weighted by Gasteiger charge is 2.40. The monoisotopic (exact) mass is 424 g/mol. The number of carbonyl (C=O) groups excluding carboxylic acids is 2. The van der Waals surface area contributed by atoms with Gasteiger partial charge in [-0.05, 0) is 68.3 Å². The van der Waals surface area contributed by atoms with Crippen molar-refractivity contribution < 1.29 is 18.4 Å². The summed E-state index contributed by atoms with van der Waals surface area (Å²) >= 11 is 0. The zero-order valence-corrected chi connectivity index (χ0v) is 17.0. The third-order valence-corrected chi connectivity index (χ3v) is 5.63. The van der Waals surface area contributed by atoms with Crippen molar-refractivity contribution in [3.63, 3.8) is 0 Å². The number of H-pyrrole nitrogens is 1. The van der Waals surface area contributed by atoms with Gasteiger partial charge in [0.1, 0.15) is 11.4 Å². The molecule has 31 heavy (non-hydrogen) atoms. The number of rotatable bonds is 7. The van der Waals surface area contributed by atoms with E-state index >= 15 is 0 Å². The first-order chi connectivity index (χ1) is 15.1. The molecule has 4 rings (SSSR count). The second-order valence-electron chi connectivity index (χ2n) is 7.72. The van der Waals surface area contributed by atoms with Crippen molar-refractivity contribution >= 4 is 28.8 Å². The van der Waals surface area contributed by atoms with E-state index in [0.717, 1.165) is 22.0 Å². The Hall–Kier alpha value is -3.39. The maximum absolute atomic E-state index is 13.6. The molecule has 4 N–H and O–H groups in total. The summed E-state index contributed by atoms with van der Waals surface area (Å²) in [6, 6.07) is 6.34. The lowest BCUT2D eigenvalue weighted by Gasteiger charge is -2.36. The summed E-state index contributed by atoms with van der Waals surface area (Å²) in [5.41, 5.74) is 1.60. The fourth-order valence-electron chi connectivity index (χ4n) is 3.92. The van der Waals surface area contributed by atoms with E-state index in [-0.39, 0.29) is 17.6 Å². The van der Waals surface area contributed by atoms with Crippen LogP contribution in [0.4, 0.5) is 4.39 Å². The molecular weight excluding hydrogens is 399 g/mol. The molecule has 0 atom stereocenters. The number of hydrogen-bond acceptors (Lipinski definition) is 4. The summed E-state index contributed by atoms with van der Waals surface area (Å²) in [6.45, 7) is 1.67. The van der Waals surface area contributed by atoms with Gasteiger partial charge in [-0.15, -0.1) is 0 Å². The number of fused-ring (bicyclic) bond motifs is 1. The van der Waals surface area contributed by atoms with Crippen LogP contribution in [0.25, 0.3) is 17.0 Å². The average molecular weight is 424 g/mol. The van der Waals surface area contributed by atoms with Crippen LogP contribution in [0, 0.1) is 5.82 Å². The number of aromatic nitrogens is 1. The lowest BCUT2D eigenvalue weighted by atomic mass is 9.87. The SMILES string of the molecule is O=C(C=Cc1ccoc1)NC1(C(=O)NCCc2c[nH]c3ccc(F)cc23)CCNCC1. The summed E-state index contributed by atoms with van der Waals surface area (Å²) in [6.07, 6.45) is 9.50. The van der Waals surface area contributed by atoms with Gasteiger partial charge >= 0.3 is 0 Å². The van der Waals surface area contributed by atoms with Crippen LogP contribution in [0.3, 0.4) is 0 Å². The Morgan fingerprint density at radius 1 is 1.23 bits per heavy atom. The number of amides is 2. The first-order valence-electron chi connectivity index (χ1n) is 10.3. The maximum Gasteiger partial charge on any atom is 0.245 e. The molecule has 3 heterocycles. The lowest BCUT2D eigenvalue weighted by Crippen LogP contribution is -2.62. The Kier molecular flexibility index (Phi) is 6.18. The lowest BCUT2D eigenvalue weighted by molar-refractivity contribution is -0.133. The van der Waals surface area contributed by atoms with Crippen molar-refractivity contribution in [2.45, 2.75) is 24.8 Å².